The molecule has 0 saturated carbocycles. The Labute approximate surface area is 219 Å². The summed E-state index contributed by atoms with van der Waals surface area (Å²) in [6.07, 6.45) is 0. The zero-order valence-corrected chi connectivity index (χ0v) is 22.2. The van der Waals surface area contributed by atoms with Gasteiger partial charge in [0.2, 0.25) is 5.91 Å². The third-order valence-electron chi connectivity index (χ3n) is 6.37. The molecule has 0 aliphatic heterocycles. The monoisotopic (exact) mass is 520 g/mol. The van der Waals surface area contributed by atoms with Gasteiger partial charge in [-0.15, -0.1) is 11.3 Å². The van der Waals surface area contributed by atoms with Crippen LogP contribution in [0.4, 0.5) is 5.69 Å². The summed E-state index contributed by atoms with van der Waals surface area (Å²) in [4.78, 5) is 42.7. The molecule has 4 aromatic rings. The van der Waals surface area contributed by atoms with Gasteiger partial charge < -0.3 is 20.3 Å². The first-order valence-electron chi connectivity index (χ1n) is 12.4. The number of para-hydroxylation sites is 2. The molecule has 2 N–H and O–H groups in total. The molecule has 8 nitrogen and oxygen atoms in total. The van der Waals surface area contributed by atoms with E-state index >= 15 is 0 Å². The van der Waals surface area contributed by atoms with Gasteiger partial charge in [-0.3, -0.25) is 19.0 Å². The number of rotatable bonds is 11. The third kappa shape index (κ3) is 5.74. The summed E-state index contributed by atoms with van der Waals surface area (Å²) in [6.45, 7) is 7.21. The number of carbonyl (C=O) groups excluding carboxylic acids is 2. The van der Waals surface area contributed by atoms with Gasteiger partial charge in [-0.05, 0) is 31.3 Å². The number of methoxy groups -OCH3 is 1. The highest BCUT2D eigenvalue weighted by Gasteiger charge is 2.24. The van der Waals surface area contributed by atoms with Crippen molar-refractivity contribution in [1.29, 1.82) is 0 Å². The van der Waals surface area contributed by atoms with E-state index in [4.69, 9.17) is 4.74 Å². The van der Waals surface area contributed by atoms with E-state index in [1.165, 1.54) is 15.9 Å². The Morgan fingerprint density at radius 3 is 2.43 bits per heavy atom. The average molecular weight is 521 g/mol. The van der Waals surface area contributed by atoms with Crippen molar-refractivity contribution in [2.45, 2.75) is 27.0 Å². The maximum absolute atomic E-state index is 13.8. The van der Waals surface area contributed by atoms with E-state index in [-0.39, 0.29) is 30.5 Å². The lowest BCUT2D eigenvalue weighted by Crippen LogP contribution is -2.34. The van der Waals surface area contributed by atoms with Crippen molar-refractivity contribution in [3.63, 3.8) is 0 Å². The van der Waals surface area contributed by atoms with Crippen LogP contribution in [0.1, 0.15) is 29.1 Å². The number of pyridine rings is 1. The predicted octanol–water partition coefficient (Wildman–Crippen LogP) is 4.07. The van der Waals surface area contributed by atoms with Crippen LogP contribution in [0.5, 0.6) is 0 Å². The summed E-state index contributed by atoms with van der Waals surface area (Å²) in [7, 11) is 1.54. The SMILES string of the molecule is CCN(CC)CCNC(=O)c1sc2c(c1COC)c(=O)n(CC(=O)Nc1ccccc1)c1ccccc21. The molecule has 2 aromatic carbocycles. The van der Waals surface area contributed by atoms with Crippen LogP contribution in [0.25, 0.3) is 21.0 Å². The van der Waals surface area contributed by atoms with Gasteiger partial charge in [-0.25, -0.2) is 0 Å². The lowest BCUT2D eigenvalue weighted by atomic mass is 10.1. The van der Waals surface area contributed by atoms with Crippen molar-refractivity contribution in [1.82, 2.24) is 14.8 Å². The largest absolute Gasteiger partial charge is 0.380 e. The Hall–Kier alpha value is -3.53. The summed E-state index contributed by atoms with van der Waals surface area (Å²) in [5, 5.41) is 7.08. The Bertz CT molecular complexity index is 1460. The maximum Gasteiger partial charge on any atom is 0.261 e. The molecule has 2 aromatic heterocycles. The number of nitrogens with zero attached hydrogens (tertiary/aromatic N) is 2. The number of likely N-dealkylation sites (N-methyl/N-ethyl adjacent to an activating group) is 1. The number of aromatic nitrogens is 1. The predicted molar refractivity (Wildman–Crippen MR) is 149 cm³/mol. The van der Waals surface area contributed by atoms with E-state index in [2.05, 4.69) is 29.4 Å². The van der Waals surface area contributed by atoms with Crippen LogP contribution in [0.15, 0.2) is 59.4 Å². The Kier molecular flexibility index (Phi) is 8.70. The normalized spacial score (nSPS) is 11.4. The molecular formula is C28H32N4O4S. The lowest BCUT2D eigenvalue weighted by Gasteiger charge is -2.17. The molecule has 0 aliphatic carbocycles. The molecule has 194 valence electrons. The van der Waals surface area contributed by atoms with Crippen molar-refractivity contribution >= 4 is 49.8 Å². The highest BCUT2D eigenvalue weighted by molar-refractivity contribution is 7.22. The number of nitrogens with one attached hydrogen (secondary N) is 2. The Morgan fingerprint density at radius 1 is 1.03 bits per heavy atom. The highest BCUT2D eigenvalue weighted by atomic mass is 32.1. The third-order valence-corrected chi connectivity index (χ3v) is 7.63. The molecule has 0 spiro atoms. The molecule has 9 heteroatoms. The minimum Gasteiger partial charge on any atom is -0.380 e. The molecule has 0 fully saturated rings. The molecule has 0 unspecified atom stereocenters. The van der Waals surface area contributed by atoms with Crippen LogP contribution in [-0.2, 0) is 22.7 Å². The van der Waals surface area contributed by atoms with Gasteiger partial charge >= 0.3 is 0 Å². The van der Waals surface area contributed by atoms with E-state index < -0.39 is 0 Å². The molecule has 2 heterocycles. The fraction of sp³-hybridized carbons (Fsp3) is 0.321. The van der Waals surface area contributed by atoms with Gasteiger partial charge in [0.25, 0.3) is 11.5 Å². The minimum absolute atomic E-state index is 0.114. The van der Waals surface area contributed by atoms with Crippen LogP contribution in [0.2, 0.25) is 0 Å². The number of hydrogen-bond donors (Lipinski definition) is 2. The quantitative estimate of drug-likeness (QED) is 0.311. The number of hydrogen-bond acceptors (Lipinski definition) is 6. The van der Waals surface area contributed by atoms with E-state index in [1.54, 1.807) is 19.2 Å². The van der Waals surface area contributed by atoms with E-state index in [1.807, 2.05) is 42.5 Å². The number of ether oxygens (including phenoxy) is 1. The number of benzene rings is 2. The zero-order chi connectivity index (χ0) is 26.4. The molecule has 37 heavy (non-hydrogen) atoms. The molecule has 2 amide bonds. The number of anilines is 1. The van der Waals surface area contributed by atoms with Gasteiger partial charge in [0.05, 0.1) is 27.1 Å². The maximum atomic E-state index is 13.8. The molecule has 0 aliphatic rings. The summed E-state index contributed by atoms with van der Waals surface area (Å²) >= 11 is 1.30. The van der Waals surface area contributed by atoms with Crippen LogP contribution >= 0.6 is 11.3 Å². The topological polar surface area (TPSA) is 92.7 Å². The Morgan fingerprint density at radius 2 is 1.73 bits per heavy atom. The van der Waals surface area contributed by atoms with Crippen molar-refractivity contribution < 1.29 is 14.3 Å². The molecular weight excluding hydrogens is 488 g/mol. The van der Waals surface area contributed by atoms with Gasteiger partial charge in [0, 0.05) is 36.8 Å². The number of fused-ring (bicyclic) bond motifs is 3. The summed E-state index contributed by atoms with van der Waals surface area (Å²) < 4.78 is 7.62. The summed E-state index contributed by atoms with van der Waals surface area (Å²) in [6, 6.07) is 16.6. The fourth-order valence-electron chi connectivity index (χ4n) is 4.46. The first-order chi connectivity index (χ1) is 18.0. The standard InChI is InChI=1S/C28H32N4O4S/c1-4-31(5-2)16-15-29-27(34)26-21(18-36-3)24-25(37-26)20-13-9-10-14-22(20)32(28(24)35)17-23(33)30-19-11-7-6-8-12-19/h6-14H,4-5,15-18H2,1-3H3,(H,29,34)(H,30,33). The van der Waals surface area contributed by atoms with Crippen molar-refractivity contribution in [2.75, 3.05) is 38.6 Å². The second-order valence-corrected chi connectivity index (χ2v) is 9.67. The molecule has 0 radical (unpaired) electrons. The lowest BCUT2D eigenvalue weighted by molar-refractivity contribution is -0.116. The minimum atomic E-state index is -0.317. The van der Waals surface area contributed by atoms with Crippen LogP contribution in [-0.4, -0.2) is 54.6 Å². The van der Waals surface area contributed by atoms with Crippen LogP contribution in [0, 0.1) is 0 Å². The van der Waals surface area contributed by atoms with Crippen molar-refractivity contribution in [3.8, 4) is 0 Å². The smallest absolute Gasteiger partial charge is 0.261 e. The van der Waals surface area contributed by atoms with Gasteiger partial charge in [-0.2, -0.15) is 0 Å². The van der Waals surface area contributed by atoms with Crippen molar-refractivity contribution in [3.05, 3.63) is 75.4 Å². The summed E-state index contributed by atoms with van der Waals surface area (Å²) in [5.74, 6) is -0.534. The molecule has 0 atom stereocenters. The van der Waals surface area contributed by atoms with Gasteiger partial charge in [-0.1, -0.05) is 50.2 Å². The Balaban J connectivity index is 1.75. The second kappa shape index (κ2) is 12.1. The van der Waals surface area contributed by atoms with Gasteiger partial charge in [0.1, 0.15) is 6.54 Å². The molecule has 0 saturated heterocycles. The highest BCUT2D eigenvalue weighted by Crippen LogP contribution is 2.35. The number of amides is 2. The molecule has 0 bridgehead atoms. The number of carbonyl (C=O) groups is 2. The van der Waals surface area contributed by atoms with E-state index in [0.29, 0.717) is 33.6 Å². The molecule has 4 rings (SSSR count). The fourth-order valence-corrected chi connectivity index (χ4v) is 5.71. The average Bonchev–Trinajstić information content (AvgIpc) is 3.29. The van der Waals surface area contributed by atoms with Crippen LogP contribution in [0.3, 0.4) is 0 Å². The van der Waals surface area contributed by atoms with Crippen LogP contribution < -0.4 is 16.2 Å². The second-order valence-electron chi connectivity index (χ2n) is 8.65. The number of thiophene rings is 1. The summed E-state index contributed by atoms with van der Waals surface area (Å²) in [5.41, 5.74) is 1.53. The zero-order valence-electron chi connectivity index (χ0n) is 21.4. The first kappa shape index (κ1) is 26.5. The van der Waals surface area contributed by atoms with E-state index in [0.717, 1.165) is 29.7 Å². The van der Waals surface area contributed by atoms with Crippen molar-refractivity contribution in [2.24, 2.45) is 0 Å². The first-order valence-corrected chi connectivity index (χ1v) is 13.2. The van der Waals surface area contributed by atoms with E-state index in [9.17, 15) is 14.4 Å². The van der Waals surface area contributed by atoms with Gasteiger partial charge in [0.15, 0.2) is 0 Å².